The molecule has 0 radical (unpaired) electrons. The zero-order valence-corrected chi connectivity index (χ0v) is 13.5. The first-order valence-corrected chi connectivity index (χ1v) is 7.94. The van der Waals surface area contributed by atoms with E-state index in [0.29, 0.717) is 12.6 Å². The first-order valence-electron chi connectivity index (χ1n) is 7.12. The predicted molar refractivity (Wildman–Crippen MR) is 87.3 cm³/mol. The molecule has 0 aliphatic rings. The molecule has 7 heteroatoms. The highest BCUT2D eigenvalue weighted by molar-refractivity contribution is 7.18. The largest absolute Gasteiger partial charge is 0.394 e. The smallest absolute Gasteiger partial charge is 0.226 e. The van der Waals surface area contributed by atoms with Crippen LogP contribution in [-0.4, -0.2) is 48.0 Å². The van der Waals surface area contributed by atoms with Gasteiger partial charge in [-0.2, -0.15) is 4.98 Å². The van der Waals surface area contributed by atoms with Crippen molar-refractivity contribution in [2.45, 2.75) is 26.3 Å². The number of hydrogen-bond acceptors (Lipinski definition) is 7. The second-order valence-electron chi connectivity index (χ2n) is 4.69. The van der Waals surface area contributed by atoms with Crippen LogP contribution in [0.15, 0.2) is 6.07 Å². The monoisotopic (exact) mass is 310 g/mol. The third-order valence-electron chi connectivity index (χ3n) is 3.06. The van der Waals surface area contributed by atoms with Gasteiger partial charge in [-0.15, -0.1) is 11.3 Å². The molecule has 0 saturated heterocycles. The lowest BCUT2D eigenvalue weighted by atomic mass is 10.2. The third kappa shape index (κ3) is 3.81. The summed E-state index contributed by atoms with van der Waals surface area (Å²) in [5, 5.41) is 16.8. The van der Waals surface area contributed by atoms with Crippen molar-refractivity contribution in [1.82, 2.24) is 9.97 Å². The molecule has 0 fully saturated rings. The Morgan fingerprint density at radius 2 is 2.19 bits per heavy atom. The zero-order valence-electron chi connectivity index (χ0n) is 12.6. The Morgan fingerprint density at radius 3 is 2.81 bits per heavy atom. The van der Waals surface area contributed by atoms with Gasteiger partial charge < -0.3 is 20.5 Å². The lowest BCUT2D eigenvalue weighted by Crippen LogP contribution is -2.29. The fourth-order valence-electron chi connectivity index (χ4n) is 2.03. The number of nitrogens with zero attached hydrogens (tertiary/aromatic N) is 2. The predicted octanol–water partition coefficient (Wildman–Crippen LogP) is 2.10. The number of methoxy groups -OCH3 is 1. The summed E-state index contributed by atoms with van der Waals surface area (Å²) >= 11 is 1.67. The maximum absolute atomic E-state index is 9.42. The van der Waals surface area contributed by atoms with Crippen molar-refractivity contribution in [3.05, 3.63) is 10.9 Å². The number of aliphatic hydroxyl groups is 1. The van der Waals surface area contributed by atoms with Crippen LogP contribution >= 0.6 is 11.3 Å². The van der Waals surface area contributed by atoms with Crippen LogP contribution in [0, 0.1) is 0 Å². The van der Waals surface area contributed by atoms with E-state index < -0.39 is 0 Å². The van der Waals surface area contributed by atoms with E-state index in [-0.39, 0.29) is 12.6 Å². The minimum atomic E-state index is -0.187. The summed E-state index contributed by atoms with van der Waals surface area (Å²) in [4.78, 5) is 11.3. The van der Waals surface area contributed by atoms with E-state index in [2.05, 4.69) is 33.6 Å². The van der Waals surface area contributed by atoms with Crippen LogP contribution in [0.25, 0.3) is 10.2 Å². The Bertz CT molecular complexity index is 588. The zero-order chi connectivity index (χ0) is 15.2. The summed E-state index contributed by atoms with van der Waals surface area (Å²) < 4.78 is 5.10. The van der Waals surface area contributed by atoms with Crippen LogP contribution in [0.4, 0.5) is 11.8 Å². The van der Waals surface area contributed by atoms with Crippen molar-refractivity contribution in [2.24, 2.45) is 0 Å². The molecule has 2 aromatic rings. The van der Waals surface area contributed by atoms with Crippen molar-refractivity contribution in [3.63, 3.8) is 0 Å². The molecule has 0 bridgehead atoms. The van der Waals surface area contributed by atoms with E-state index >= 15 is 0 Å². The van der Waals surface area contributed by atoms with E-state index in [1.807, 2.05) is 6.92 Å². The van der Waals surface area contributed by atoms with E-state index in [0.717, 1.165) is 29.0 Å². The van der Waals surface area contributed by atoms with Crippen LogP contribution in [0.5, 0.6) is 0 Å². The van der Waals surface area contributed by atoms with Gasteiger partial charge in [0.15, 0.2) is 0 Å². The number of thiophene rings is 1. The minimum Gasteiger partial charge on any atom is -0.394 e. The lowest BCUT2D eigenvalue weighted by molar-refractivity contribution is 0.153. The molecule has 21 heavy (non-hydrogen) atoms. The van der Waals surface area contributed by atoms with Crippen LogP contribution in [0.3, 0.4) is 0 Å². The Morgan fingerprint density at radius 1 is 1.38 bits per heavy atom. The number of rotatable bonds is 8. The number of aromatic nitrogens is 2. The van der Waals surface area contributed by atoms with Crippen molar-refractivity contribution in [1.29, 1.82) is 0 Å². The van der Waals surface area contributed by atoms with Gasteiger partial charge in [0.1, 0.15) is 10.6 Å². The molecule has 2 heterocycles. The fraction of sp³-hybridized carbons (Fsp3) is 0.571. The molecule has 6 nitrogen and oxygen atoms in total. The molecule has 0 amide bonds. The Hall–Kier alpha value is -1.44. The first-order chi connectivity index (χ1) is 10.2. The molecule has 1 unspecified atom stereocenters. The summed E-state index contributed by atoms with van der Waals surface area (Å²) in [5.74, 6) is 1.34. The van der Waals surface area contributed by atoms with Crippen LogP contribution < -0.4 is 10.6 Å². The van der Waals surface area contributed by atoms with Gasteiger partial charge >= 0.3 is 0 Å². The third-order valence-corrected chi connectivity index (χ3v) is 4.23. The number of nitrogens with one attached hydrogen (secondary N) is 2. The molecular weight excluding hydrogens is 288 g/mol. The van der Waals surface area contributed by atoms with E-state index in [1.165, 1.54) is 4.88 Å². The summed E-state index contributed by atoms with van der Waals surface area (Å²) in [6.07, 6.45) is 0.971. The molecule has 2 rings (SSSR count). The lowest BCUT2D eigenvalue weighted by Gasteiger charge is -2.17. The van der Waals surface area contributed by atoms with E-state index in [4.69, 9.17) is 4.74 Å². The van der Waals surface area contributed by atoms with E-state index in [1.54, 1.807) is 18.4 Å². The molecule has 0 aromatic carbocycles. The van der Waals surface area contributed by atoms with E-state index in [9.17, 15) is 5.11 Å². The van der Waals surface area contributed by atoms with Gasteiger partial charge in [0.25, 0.3) is 0 Å². The second kappa shape index (κ2) is 7.53. The number of fused-ring (bicyclic) bond motifs is 1. The number of hydrogen-bond donors (Lipinski definition) is 3. The number of ether oxygens (including phenoxy) is 1. The maximum atomic E-state index is 9.42. The van der Waals surface area contributed by atoms with Crippen LogP contribution in [-0.2, 0) is 11.2 Å². The van der Waals surface area contributed by atoms with Gasteiger partial charge in [-0.3, -0.25) is 0 Å². The van der Waals surface area contributed by atoms with Crippen molar-refractivity contribution < 1.29 is 9.84 Å². The number of anilines is 2. The minimum absolute atomic E-state index is 0.0132. The molecule has 116 valence electrons. The molecule has 1 atom stereocenters. The average molecular weight is 310 g/mol. The summed E-state index contributed by atoms with van der Waals surface area (Å²) in [5.41, 5.74) is 0. The van der Waals surface area contributed by atoms with Gasteiger partial charge in [0.2, 0.25) is 5.95 Å². The Kier molecular flexibility index (Phi) is 5.72. The van der Waals surface area contributed by atoms with Gasteiger partial charge in [0.05, 0.1) is 24.6 Å². The standard InChI is InChI=1S/C14H22N4O2S/c1-4-10-6-11-12(16-9(7-19)8-20-3)17-14(15-5-2)18-13(11)21-10/h6,9,19H,4-5,7-8H2,1-3H3,(H2,15,16,17,18). The average Bonchev–Trinajstić information content (AvgIpc) is 2.90. The molecule has 0 saturated carbocycles. The SMILES string of the molecule is CCNc1nc(NC(CO)COC)c2cc(CC)sc2n1. The van der Waals surface area contributed by atoms with Gasteiger partial charge in [-0.05, 0) is 19.4 Å². The molecule has 0 spiro atoms. The van der Waals surface area contributed by atoms with Crippen molar-refractivity contribution in [3.8, 4) is 0 Å². The summed E-state index contributed by atoms with van der Waals surface area (Å²) in [7, 11) is 1.61. The second-order valence-corrected chi connectivity index (χ2v) is 5.81. The summed E-state index contributed by atoms with van der Waals surface area (Å²) in [6.45, 7) is 5.30. The number of aryl methyl sites for hydroxylation is 1. The number of aliphatic hydroxyl groups excluding tert-OH is 1. The van der Waals surface area contributed by atoms with Crippen molar-refractivity contribution >= 4 is 33.3 Å². The molecular formula is C14H22N4O2S. The Balaban J connectivity index is 2.40. The quantitative estimate of drug-likeness (QED) is 0.693. The highest BCUT2D eigenvalue weighted by Crippen LogP contribution is 2.30. The van der Waals surface area contributed by atoms with Gasteiger partial charge in [0, 0.05) is 18.5 Å². The summed E-state index contributed by atoms with van der Waals surface area (Å²) in [6, 6.07) is 1.92. The van der Waals surface area contributed by atoms with Crippen LogP contribution in [0.1, 0.15) is 18.7 Å². The van der Waals surface area contributed by atoms with Crippen LogP contribution in [0.2, 0.25) is 0 Å². The highest BCUT2D eigenvalue weighted by Gasteiger charge is 2.14. The normalized spacial score (nSPS) is 12.6. The maximum Gasteiger partial charge on any atom is 0.226 e. The molecule has 2 aromatic heterocycles. The molecule has 3 N–H and O–H groups in total. The molecule has 0 aliphatic heterocycles. The van der Waals surface area contributed by atoms with Gasteiger partial charge in [-0.1, -0.05) is 6.92 Å². The topological polar surface area (TPSA) is 79.3 Å². The first kappa shape index (κ1) is 15.9. The van der Waals surface area contributed by atoms with Gasteiger partial charge in [-0.25, -0.2) is 4.98 Å². The Labute approximate surface area is 128 Å². The highest BCUT2D eigenvalue weighted by atomic mass is 32.1. The fourth-order valence-corrected chi connectivity index (χ4v) is 2.99. The van der Waals surface area contributed by atoms with Crippen molar-refractivity contribution in [2.75, 3.05) is 37.5 Å². The molecule has 0 aliphatic carbocycles.